The van der Waals surface area contributed by atoms with E-state index < -0.39 is 42.3 Å². The van der Waals surface area contributed by atoms with Gasteiger partial charge in [-0.25, -0.2) is 0 Å². The van der Waals surface area contributed by atoms with Crippen molar-refractivity contribution in [3.8, 4) is 0 Å². The van der Waals surface area contributed by atoms with Crippen molar-refractivity contribution in [2.75, 3.05) is 32.7 Å². The van der Waals surface area contributed by atoms with Crippen LogP contribution < -0.4 is 33.2 Å². The van der Waals surface area contributed by atoms with E-state index in [9.17, 15) is 19.2 Å². The Hall–Kier alpha value is -2.77. The van der Waals surface area contributed by atoms with Crippen molar-refractivity contribution < 1.29 is 24.3 Å². The number of fused-ring (bicyclic) bond motifs is 2. The number of carboxylic acid groups (broad SMARTS) is 1. The molecule has 2 rings (SSSR count). The summed E-state index contributed by atoms with van der Waals surface area (Å²) in [4.78, 5) is 55.1. The highest BCUT2D eigenvalue weighted by atomic mass is 16.4. The molecule has 13 heteroatoms. The molecule has 174 valence electrons. The van der Waals surface area contributed by atoms with Crippen LogP contribution in [0, 0.1) is 0 Å². The molecule has 2 bridgehead atoms. The van der Waals surface area contributed by atoms with Crippen LogP contribution >= 0.6 is 0 Å². The lowest BCUT2D eigenvalue weighted by molar-refractivity contribution is -0.140. The number of carbonyl (C=O) groups excluding carboxylic acids is 3. The highest BCUT2D eigenvalue weighted by molar-refractivity contribution is 5.95. The minimum atomic E-state index is -1.14. The zero-order chi connectivity index (χ0) is 23.0. The second-order valence-corrected chi connectivity index (χ2v) is 7.74. The van der Waals surface area contributed by atoms with Gasteiger partial charge >= 0.3 is 5.97 Å². The number of carboxylic acids is 1. The SMILES string of the molecule is NCCN1C[C@H]2C[C@@H]1C(=O)[C@H](CCCN=C(N)N)NC(=O)CNC(=O)[C@H](CC(=O)O)N2. The molecule has 2 fully saturated rings. The maximum atomic E-state index is 13.3. The highest BCUT2D eigenvalue weighted by Crippen LogP contribution is 2.22. The Morgan fingerprint density at radius 1 is 1.23 bits per heavy atom. The summed E-state index contributed by atoms with van der Waals surface area (Å²) in [5.74, 6) is -2.47. The molecule has 13 nitrogen and oxygen atoms in total. The van der Waals surface area contributed by atoms with E-state index in [-0.39, 0.29) is 24.3 Å². The Bertz CT molecular complexity index is 711. The molecule has 2 heterocycles. The van der Waals surface area contributed by atoms with Gasteiger partial charge < -0.3 is 38.3 Å². The van der Waals surface area contributed by atoms with Gasteiger partial charge in [-0.3, -0.25) is 29.1 Å². The van der Waals surface area contributed by atoms with E-state index in [1.54, 1.807) is 0 Å². The monoisotopic (exact) mass is 440 g/mol. The first-order chi connectivity index (χ1) is 14.7. The van der Waals surface area contributed by atoms with Gasteiger partial charge in [0, 0.05) is 32.2 Å². The molecule has 2 amide bonds. The van der Waals surface area contributed by atoms with Gasteiger partial charge in [0.15, 0.2) is 11.7 Å². The molecule has 0 aromatic carbocycles. The molecule has 0 unspecified atom stereocenters. The van der Waals surface area contributed by atoms with Crippen LogP contribution in [0.1, 0.15) is 25.7 Å². The van der Waals surface area contributed by atoms with E-state index >= 15 is 0 Å². The van der Waals surface area contributed by atoms with Gasteiger partial charge in [-0.05, 0) is 19.3 Å². The van der Waals surface area contributed by atoms with Gasteiger partial charge in [0.05, 0.1) is 31.1 Å². The van der Waals surface area contributed by atoms with Gasteiger partial charge in [0.2, 0.25) is 11.8 Å². The summed E-state index contributed by atoms with van der Waals surface area (Å²) in [6.07, 6.45) is 0.754. The average Bonchev–Trinajstić information content (AvgIpc) is 3.08. The van der Waals surface area contributed by atoms with E-state index in [0.29, 0.717) is 45.4 Å². The predicted octanol–water partition coefficient (Wildman–Crippen LogP) is -3.94. The maximum Gasteiger partial charge on any atom is 0.305 e. The van der Waals surface area contributed by atoms with Gasteiger partial charge in [-0.2, -0.15) is 0 Å². The fraction of sp³-hybridized carbons (Fsp3) is 0.722. The van der Waals surface area contributed by atoms with Gasteiger partial charge in [-0.15, -0.1) is 0 Å². The number of guanidine groups is 1. The third kappa shape index (κ3) is 7.45. The quantitative estimate of drug-likeness (QED) is 0.110. The lowest BCUT2D eigenvalue weighted by Crippen LogP contribution is -2.54. The van der Waals surface area contributed by atoms with E-state index in [1.807, 2.05) is 4.90 Å². The molecule has 4 atom stereocenters. The van der Waals surface area contributed by atoms with Crippen LogP contribution in [0.15, 0.2) is 4.99 Å². The fourth-order valence-corrected chi connectivity index (χ4v) is 3.98. The number of ketones is 1. The molecule has 0 aliphatic carbocycles. The summed E-state index contributed by atoms with van der Waals surface area (Å²) in [7, 11) is 0. The number of likely N-dealkylation sites (tertiary alicyclic amines) is 1. The molecule has 0 aromatic heterocycles. The van der Waals surface area contributed by atoms with Crippen molar-refractivity contribution in [2.45, 2.75) is 49.9 Å². The molecule has 0 saturated carbocycles. The molecule has 2 aliphatic rings. The van der Waals surface area contributed by atoms with Gasteiger partial charge in [-0.1, -0.05) is 0 Å². The molecule has 0 aromatic rings. The van der Waals surface area contributed by atoms with Crippen molar-refractivity contribution >= 4 is 29.5 Å². The van der Waals surface area contributed by atoms with Crippen LogP contribution in [0.3, 0.4) is 0 Å². The number of rotatable bonds is 8. The first-order valence-electron chi connectivity index (χ1n) is 10.3. The summed E-state index contributed by atoms with van der Waals surface area (Å²) < 4.78 is 0. The summed E-state index contributed by atoms with van der Waals surface area (Å²) in [5.41, 5.74) is 16.3. The summed E-state index contributed by atoms with van der Waals surface area (Å²) >= 11 is 0. The number of Topliss-reactive ketones (excluding diaryl/α,β-unsaturated/α-hetero) is 1. The van der Waals surface area contributed by atoms with Crippen LogP contribution in [0.2, 0.25) is 0 Å². The standard InChI is InChI=1S/C18H32N8O5/c19-3-5-26-9-10-6-13(26)16(30)11(2-1-4-22-18(20)21)25-14(27)8-23-17(31)12(24-10)7-15(28)29/h10-13,24H,1-9,19H2,(H,23,31)(H,25,27)(H,28,29)(H4,20,21,22)/t10-,11+,12+,13-/m1/s1. The van der Waals surface area contributed by atoms with Gasteiger partial charge in [0.25, 0.3) is 0 Å². The van der Waals surface area contributed by atoms with Crippen LogP contribution in [-0.4, -0.2) is 96.4 Å². The number of nitrogens with zero attached hydrogens (tertiary/aromatic N) is 2. The van der Waals surface area contributed by atoms with Crippen LogP contribution in [0.4, 0.5) is 0 Å². The van der Waals surface area contributed by atoms with Crippen LogP contribution in [0.25, 0.3) is 0 Å². The zero-order valence-electron chi connectivity index (χ0n) is 17.4. The Balaban J connectivity index is 2.22. The zero-order valence-corrected chi connectivity index (χ0v) is 17.4. The average molecular weight is 441 g/mol. The third-order valence-electron chi connectivity index (χ3n) is 5.33. The van der Waals surface area contributed by atoms with Crippen molar-refractivity contribution in [1.82, 2.24) is 20.9 Å². The van der Waals surface area contributed by atoms with Crippen molar-refractivity contribution in [2.24, 2.45) is 22.2 Å². The molecule has 10 N–H and O–H groups in total. The second kappa shape index (κ2) is 11.6. The first kappa shape index (κ1) is 24.5. The topological polar surface area (TPSA) is 218 Å². The van der Waals surface area contributed by atoms with Crippen LogP contribution in [0.5, 0.6) is 0 Å². The Morgan fingerprint density at radius 3 is 2.61 bits per heavy atom. The molecule has 0 spiro atoms. The largest absolute Gasteiger partial charge is 0.481 e. The summed E-state index contributed by atoms with van der Waals surface area (Å²) in [6.45, 7) is 1.18. The lowest BCUT2D eigenvalue weighted by Gasteiger charge is -2.27. The highest BCUT2D eigenvalue weighted by Gasteiger charge is 2.41. The Kier molecular flexibility index (Phi) is 9.15. The number of hydrogen-bond donors (Lipinski definition) is 7. The number of nitrogens with two attached hydrogens (primary N) is 3. The fourth-order valence-electron chi connectivity index (χ4n) is 3.98. The number of hydrogen-bond acceptors (Lipinski definition) is 8. The number of nitrogens with one attached hydrogen (secondary N) is 3. The molecular formula is C18H32N8O5. The Labute approximate surface area is 180 Å². The molecule has 2 aliphatic heterocycles. The molecule has 2 saturated heterocycles. The van der Waals surface area contributed by atoms with E-state index in [2.05, 4.69) is 20.9 Å². The first-order valence-corrected chi connectivity index (χ1v) is 10.3. The van der Waals surface area contributed by atoms with E-state index in [1.165, 1.54) is 0 Å². The minimum Gasteiger partial charge on any atom is -0.481 e. The summed E-state index contributed by atoms with van der Waals surface area (Å²) in [6, 6.07) is -2.56. The summed E-state index contributed by atoms with van der Waals surface area (Å²) in [5, 5.41) is 17.3. The maximum absolute atomic E-state index is 13.3. The predicted molar refractivity (Wildman–Crippen MR) is 112 cm³/mol. The number of aliphatic carboxylic acids is 1. The third-order valence-corrected chi connectivity index (χ3v) is 5.33. The normalized spacial score (nSPS) is 27.6. The van der Waals surface area contributed by atoms with Crippen LogP contribution in [-0.2, 0) is 19.2 Å². The number of amides is 2. The van der Waals surface area contributed by atoms with Crippen molar-refractivity contribution in [3.63, 3.8) is 0 Å². The van der Waals surface area contributed by atoms with Crippen molar-refractivity contribution in [3.05, 3.63) is 0 Å². The Morgan fingerprint density at radius 2 is 1.97 bits per heavy atom. The molecule has 0 radical (unpaired) electrons. The molecular weight excluding hydrogens is 408 g/mol. The lowest BCUT2D eigenvalue weighted by atomic mass is 9.97. The van der Waals surface area contributed by atoms with Gasteiger partial charge in [0.1, 0.15) is 0 Å². The minimum absolute atomic E-state index is 0.0495. The van der Waals surface area contributed by atoms with E-state index in [4.69, 9.17) is 22.3 Å². The second-order valence-electron chi connectivity index (χ2n) is 7.74. The smallest absolute Gasteiger partial charge is 0.305 e. The van der Waals surface area contributed by atoms with E-state index in [0.717, 1.165) is 0 Å². The molecule has 31 heavy (non-hydrogen) atoms. The number of carbonyl (C=O) groups is 4. The number of aliphatic imine (C=N–C) groups is 1. The van der Waals surface area contributed by atoms with Crippen molar-refractivity contribution in [1.29, 1.82) is 0 Å².